The quantitative estimate of drug-likeness (QED) is 0.737. The Morgan fingerprint density at radius 1 is 1.14 bits per heavy atom. The Hall–Kier alpha value is -1.95. The first-order valence-electron chi connectivity index (χ1n) is 7.50. The zero-order chi connectivity index (χ0) is 16.2. The zero-order valence-electron chi connectivity index (χ0n) is 12.3. The number of nitrogens with two attached hydrogens (primary N) is 1. The highest BCUT2D eigenvalue weighted by Crippen LogP contribution is 2.28. The second-order valence-corrected chi connectivity index (χ2v) is 5.80. The van der Waals surface area contributed by atoms with Gasteiger partial charge in [-0.15, -0.1) is 0 Å². The fourth-order valence-electron chi connectivity index (χ4n) is 2.87. The van der Waals surface area contributed by atoms with Crippen molar-refractivity contribution in [1.82, 2.24) is 5.32 Å². The number of benzene rings is 1. The molecule has 1 fully saturated rings. The number of carbonyl (C=O) groups is 2. The van der Waals surface area contributed by atoms with E-state index in [4.69, 9.17) is 5.73 Å². The predicted octanol–water partition coefficient (Wildman–Crippen LogP) is 1.55. The number of halogens is 1. The molecule has 1 saturated carbocycles. The van der Waals surface area contributed by atoms with E-state index in [0.717, 1.165) is 25.7 Å². The lowest BCUT2D eigenvalue weighted by Gasteiger charge is -2.31. The molecule has 2 amide bonds. The lowest BCUT2D eigenvalue weighted by Crippen LogP contribution is -2.58. The van der Waals surface area contributed by atoms with Gasteiger partial charge in [0.2, 0.25) is 5.91 Å². The summed E-state index contributed by atoms with van der Waals surface area (Å²) < 4.78 is 12.9. The van der Waals surface area contributed by atoms with Crippen LogP contribution in [-0.4, -0.2) is 22.5 Å². The molecule has 0 aliphatic heterocycles. The molecule has 120 valence electrons. The van der Waals surface area contributed by atoms with E-state index in [1.807, 2.05) is 0 Å². The number of hydrogen-bond acceptors (Lipinski definition) is 3. The van der Waals surface area contributed by atoms with E-state index < -0.39 is 29.3 Å². The highest BCUT2D eigenvalue weighted by molar-refractivity contribution is 5.92. The van der Waals surface area contributed by atoms with Crippen molar-refractivity contribution in [2.24, 2.45) is 5.73 Å². The fourth-order valence-corrected chi connectivity index (χ4v) is 2.87. The summed E-state index contributed by atoms with van der Waals surface area (Å²) in [4.78, 5) is 24.1. The highest BCUT2D eigenvalue weighted by atomic mass is 19.1. The normalized spacial score (nSPS) is 19.0. The minimum atomic E-state index is -1.46. The molecule has 2 rings (SSSR count). The molecular formula is C16H21FN2O3. The van der Waals surface area contributed by atoms with Gasteiger partial charge in [-0.3, -0.25) is 9.59 Å². The number of primary amides is 1. The summed E-state index contributed by atoms with van der Waals surface area (Å²) in [6, 6.07) is 5.01. The second-order valence-electron chi connectivity index (χ2n) is 5.80. The molecule has 0 spiro atoms. The number of aliphatic hydroxyl groups is 1. The van der Waals surface area contributed by atoms with Crippen LogP contribution in [0.1, 0.15) is 50.2 Å². The van der Waals surface area contributed by atoms with Gasteiger partial charge in [-0.05, 0) is 30.5 Å². The van der Waals surface area contributed by atoms with Gasteiger partial charge in [0.05, 0.1) is 0 Å². The molecule has 6 heteroatoms. The van der Waals surface area contributed by atoms with E-state index in [2.05, 4.69) is 5.32 Å². The molecule has 0 aromatic heterocycles. The maximum Gasteiger partial charge on any atom is 0.254 e. The molecule has 1 aromatic carbocycles. The van der Waals surface area contributed by atoms with Crippen LogP contribution in [0.5, 0.6) is 0 Å². The van der Waals surface area contributed by atoms with Gasteiger partial charge < -0.3 is 16.2 Å². The molecule has 5 nitrogen and oxygen atoms in total. The summed E-state index contributed by atoms with van der Waals surface area (Å²) >= 11 is 0. The summed E-state index contributed by atoms with van der Waals surface area (Å²) in [5.41, 5.74) is 4.66. The monoisotopic (exact) mass is 308 g/mol. The number of nitrogens with one attached hydrogen (secondary N) is 1. The maximum absolute atomic E-state index is 12.9. The smallest absolute Gasteiger partial charge is 0.254 e. The van der Waals surface area contributed by atoms with Crippen molar-refractivity contribution in [1.29, 1.82) is 0 Å². The van der Waals surface area contributed by atoms with Crippen LogP contribution in [0.25, 0.3) is 0 Å². The van der Waals surface area contributed by atoms with Crippen molar-refractivity contribution < 1.29 is 19.1 Å². The van der Waals surface area contributed by atoms with Gasteiger partial charge in [0.25, 0.3) is 5.91 Å². The van der Waals surface area contributed by atoms with Gasteiger partial charge in [-0.1, -0.05) is 37.8 Å². The molecular weight excluding hydrogens is 287 g/mol. The topological polar surface area (TPSA) is 92.4 Å². The third-order valence-corrected chi connectivity index (χ3v) is 4.23. The molecule has 1 aromatic rings. The maximum atomic E-state index is 12.9. The Balaban J connectivity index is 2.13. The molecule has 22 heavy (non-hydrogen) atoms. The van der Waals surface area contributed by atoms with Crippen LogP contribution in [0.2, 0.25) is 0 Å². The SMILES string of the molecule is NC(=O)C1(NC(=O)[C@@H](O)c2ccc(F)cc2)CCCCCC1. The number of amides is 2. The minimum Gasteiger partial charge on any atom is -0.378 e. The van der Waals surface area contributed by atoms with Gasteiger partial charge in [0, 0.05) is 0 Å². The second kappa shape index (κ2) is 6.87. The summed E-state index contributed by atoms with van der Waals surface area (Å²) in [7, 11) is 0. The van der Waals surface area contributed by atoms with Gasteiger partial charge >= 0.3 is 0 Å². The number of rotatable bonds is 4. The molecule has 0 unspecified atom stereocenters. The predicted molar refractivity (Wildman–Crippen MR) is 79.1 cm³/mol. The molecule has 0 bridgehead atoms. The Bertz CT molecular complexity index is 537. The van der Waals surface area contributed by atoms with E-state index in [-0.39, 0.29) is 5.56 Å². The van der Waals surface area contributed by atoms with Gasteiger partial charge in [0.1, 0.15) is 11.4 Å². The molecule has 1 aliphatic rings. The first-order chi connectivity index (χ1) is 10.4. The Labute approximate surface area is 128 Å². The van der Waals surface area contributed by atoms with E-state index in [1.54, 1.807) is 0 Å². The summed E-state index contributed by atoms with van der Waals surface area (Å²) in [6.07, 6.45) is 3.08. The Kier molecular flexibility index (Phi) is 5.13. The number of aliphatic hydroxyl groups excluding tert-OH is 1. The molecule has 0 radical (unpaired) electrons. The summed E-state index contributed by atoms with van der Waals surface area (Å²) in [6.45, 7) is 0. The largest absolute Gasteiger partial charge is 0.378 e. The Morgan fingerprint density at radius 3 is 2.18 bits per heavy atom. The lowest BCUT2D eigenvalue weighted by molar-refractivity contribution is -0.137. The zero-order valence-corrected chi connectivity index (χ0v) is 12.3. The summed E-state index contributed by atoms with van der Waals surface area (Å²) in [5.74, 6) is -1.71. The average Bonchev–Trinajstić information content (AvgIpc) is 2.74. The van der Waals surface area contributed by atoms with Gasteiger partial charge in [-0.25, -0.2) is 4.39 Å². The molecule has 0 heterocycles. The van der Waals surface area contributed by atoms with Crippen molar-refractivity contribution in [3.8, 4) is 0 Å². The molecule has 0 saturated heterocycles. The first-order valence-corrected chi connectivity index (χ1v) is 7.50. The average molecular weight is 308 g/mol. The van der Waals surface area contributed by atoms with E-state index >= 15 is 0 Å². The third-order valence-electron chi connectivity index (χ3n) is 4.23. The lowest BCUT2D eigenvalue weighted by atomic mass is 9.88. The number of hydrogen-bond donors (Lipinski definition) is 3. The van der Waals surface area contributed by atoms with Crippen molar-refractivity contribution >= 4 is 11.8 Å². The van der Waals surface area contributed by atoms with Crippen molar-refractivity contribution in [3.63, 3.8) is 0 Å². The number of carbonyl (C=O) groups excluding carboxylic acids is 2. The first kappa shape index (κ1) is 16.4. The van der Waals surface area contributed by atoms with Crippen LogP contribution in [-0.2, 0) is 9.59 Å². The molecule has 1 atom stereocenters. The van der Waals surface area contributed by atoms with E-state index in [0.29, 0.717) is 12.8 Å². The molecule has 1 aliphatic carbocycles. The van der Waals surface area contributed by atoms with Gasteiger partial charge in [-0.2, -0.15) is 0 Å². The highest BCUT2D eigenvalue weighted by Gasteiger charge is 2.39. The van der Waals surface area contributed by atoms with Crippen molar-refractivity contribution in [2.75, 3.05) is 0 Å². The third kappa shape index (κ3) is 3.62. The van der Waals surface area contributed by atoms with Crippen LogP contribution in [0.3, 0.4) is 0 Å². The Morgan fingerprint density at radius 2 is 1.68 bits per heavy atom. The van der Waals surface area contributed by atoms with Crippen molar-refractivity contribution in [3.05, 3.63) is 35.6 Å². The standard InChI is InChI=1S/C16H21FN2O3/c17-12-7-5-11(6-8-12)13(20)14(21)19-16(15(18)22)9-3-1-2-4-10-16/h5-8,13,20H,1-4,9-10H2,(H2,18,22)(H,19,21)/t13-/m0/s1. The summed E-state index contributed by atoms with van der Waals surface area (Å²) in [5, 5.41) is 12.7. The van der Waals surface area contributed by atoms with Crippen molar-refractivity contribution in [2.45, 2.75) is 50.2 Å². The van der Waals surface area contributed by atoms with Crippen LogP contribution >= 0.6 is 0 Å². The van der Waals surface area contributed by atoms with E-state index in [9.17, 15) is 19.1 Å². The molecule has 4 N–H and O–H groups in total. The van der Waals surface area contributed by atoms with Crippen LogP contribution < -0.4 is 11.1 Å². The fraction of sp³-hybridized carbons (Fsp3) is 0.500. The van der Waals surface area contributed by atoms with Gasteiger partial charge in [0.15, 0.2) is 6.10 Å². The van der Waals surface area contributed by atoms with Crippen LogP contribution in [0.4, 0.5) is 4.39 Å². The van der Waals surface area contributed by atoms with Crippen LogP contribution in [0.15, 0.2) is 24.3 Å². The van der Waals surface area contributed by atoms with E-state index in [1.165, 1.54) is 24.3 Å². The minimum absolute atomic E-state index is 0.271. The van der Waals surface area contributed by atoms with Crippen LogP contribution in [0, 0.1) is 5.82 Å².